The van der Waals surface area contributed by atoms with E-state index in [0.717, 1.165) is 22.6 Å². The van der Waals surface area contributed by atoms with Crippen LogP contribution in [0.2, 0.25) is 0 Å². The van der Waals surface area contributed by atoms with Crippen LogP contribution >= 0.6 is 11.3 Å². The molecule has 0 fully saturated rings. The lowest BCUT2D eigenvalue weighted by atomic mass is 10.1. The molecule has 0 aliphatic rings. The quantitative estimate of drug-likeness (QED) is 0.550. The maximum atomic E-state index is 11.0. The number of nitrogens with zero attached hydrogens (tertiary/aromatic N) is 3. The summed E-state index contributed by atoms with van der Waals surface area (Å²) in [6.45, 7) is 1.48. The summed E-state index contributed by atoms with van der Waals surface area (Å²) in [5.74, 6) is -0.0892. The molecule has 2 aromatic heterocycles. The third-order valence-electron chi connectivity index (χ3n) is 3.05. The molecule has 0 saturated carbocycles. The minimum Gasteiger partial charge on any atom is -0.326 e. The number of hydrazone groups is 1. The summed E-state index contributed by atoms with van der Waals surface area (Å²) in [5, 5.41) is 9.51. The van der Waals surface area contributed by atoms with Crippen LogP contribution in [0.25, 0.3) is 11.3 Å². The lowest BCUT2D eigenvalue weighted by Gasteiger charge is -2.02. The van der Waals surface area contributed by atoms with Gasteiger partial charge in [0.1, 0.15) is 0 Å². The highest BCUT2D eigenvalue weighted by molar-refractivity contribution is 7.14. The van der Waals surface area contributed by atoms with Crippen molar-refractivity contribution in [2.75, 3.05) is 10.7 Å². The van der Waals surface area contributed by atoms with Crippen LogP contribution in [-0.4, -0.2) is 22.1 Å². The number of hydrogen-bond donors (Lipinski definition) is 2. The van der Waals surface area contributed by atoms with Gasteiger partial charge in [-0.15, -0.1) is 11.3 Å². The maximum absolute atomic E-state index is 11.0. The van der Waals surface area contributed by atoms with Crippen molar-refractivity contribution in [3.8, 4) is 11.3 Å². The van der Waals surface area contributed by atoms with E-state index in [9.17, 15) is 4.79 Å². The standard InChI is InChI=1S/C17H15N5OS/c1-12(23)20-14-7-5-13(6-8-14)16-11-24-17(21-16)22-19-10-15-4-2-3-9-18-15/h2-11H,1H3,(H,20,23)(H,21,22)/b19-10-. The van der Waals surface area contributed by atoms with Gasteiger partial charge in [-0.2, -0.15) is 5.10 Å². The molecule has 3 aromatic rings. The molecule has 1 amide bonds. The van der Waals surface area contributed by atoms with Crippen LogP contribution in [0.3, 0.4) is 0 Å². The van der Waals surface area contributed by atoms with Crippen molar-refractivity contribution in [3.63, 3.8) is 0 Å². The molecule has 0 unspecified atom stereocenters. The molecule has 2 N–H and O–H groups in total. The number of aromatic nitrogens is 2. The molecule has 0 aliphatic carbocycles. The van der Waals surface area contributed by atoms with E-state index < -0.39 is 0 Å². The fraction of sp³-hybridized carbons (Fsp3) is 0.0588. The molecule has 0 atom stereocenters. The fourth-order valence-corrected chi connectivity index (χ4v) is 2.66. The Labute approximate surface area is 143 Å². The molecule has 0 spiro atoms. The Hall–Kier alpha value is -3.06. The zero-order valence-electron chi connectivity index (χ0n) is 12.9. The monoisotopic (exact) mass is 337 g/mol. The summed E-state index contributed by atoms with van der Waals surface area (Å²) >= 11 is 1.47. The first-order valence-electron chi connectivity index (χ1n) is 7.24. The third-order valence-corrected chi connectivity index (χ3v) is 3.80. The number of carbonyl (C=O) groups excluding carboxylic acids is 1. The molecule has 0 bridgehead atoms. The Morgan fingerprint density at radius 2 is 2.04 bits per heavy atom. The first kappa shape index (κ1) is 15.8. The zero-order chi connectivity index (χ0) is 16.8. The second kappa shape index (κ2) is 7.47. The van der Waals surface area contributed by atoms with Gasteiger partial charge in [-0.05, 0) is 24.3 Å². The number of rotatable bonds is 5. The summed E-state index contributed by atoms with van der Waals surface area (Å²) in [6.07, 6.45) is 3.36. The molecular formula is C17H15N5OS. The molecule has 3 rings (SSSR count). The topological polar surface area (TPSA) is 79.3 Å². The number of pyridine rings is 1. The molecule has 24 heavy (non-hydrogen) atoms. The van der Waals surface area contributed by atoms with Crippen molar-refractivity contribution in [2.45, 2.75) is 6.92 Å². The van der Waals surface area contributed by atoms with Gasteiger partial charge in [-0.3, -0.25) is 15.2 Å². The van der Waals surface area contributed by atoms with E-state index in [1.165, 1.54) is 18.3 Å². The highest BCUT2D eigenvalue weighted by Gasteiger charge is 2.04. The molecule has 120 valence electrons. The van der Waals surface area contributed by atoms with Gasteiger partial charge in [-0.25, -0.2) is 4.98 Å². The summed E-state index contributed by atoms with van der Waals surface area (Å²) in [7, 11) is 0. The molecule has 0 saturated heterocycles. The molecule has 6 nitrogen and oxygen atoms in total. The zero-order valence-corrected chi connectivity index (χ0v) is 13.7. The average Bonchev–Trinajstić information content (AvgIpc) is 3.05. The van der Waals surface area contributed by atoms with Crippen molar-refractivity contribution in [1.29, 1.82) is 0 Å². The largest absolute Gasteiger partial charge is 0.326 e. The minimum absolute atomic E-state index is 0.0892. The van der Waals surface area contributed by atoms with Gasteiger partial charge in [0, 0.05) is 29.8 Å². The Bertz CT molecular complexity index is 843. The van der Waals surface area contributed by atoms with Gasteiger partial charge in [0.25, 0.3) is 0 Å². The van der Waals surface area contributed by atoms with Crippen LogP contribution < -0.4 is 10.7 Å². The van der Waals surface area contributed by atoms with Gasteiger partial charge in [0.2, 0.25) is 11.0 Å². The lowest BCUT2D eigenvalue weighted by molar-refractivity contribution is -0.114. The van der Waals surface area contributed by atoms with Gasteiger partial charge in [0.15, 0.2) is 0 Å². The number of carbonyl (C=O) groups is 1. The second-order valence-electron chi connectivity index (χ2n) is 4.92. The number of benzene rings is 1. The van der Waals surface area contributed by atoms with Crippen molar-refractivity contribution < 1.29 is 4.79 Å². The smallest absolute Gasteiger partial charge is 0.221 e. The molecule has 1 aromatic carbocycles. The van der Waals surface area contributed by atoms with E-state index in [0.29, 0.717) is 5.13 Å². The highest BCUT2D eigenvalue weighted by Crippen LogP contribution is 2.25. The van der Waals surface area contributed by atoms with E-state index in [4.69, 9.17) is 0 Å². The molecule has 0 radical (unpaired) electrons. The van der Waals surface area contributed by atoms with Gasteiger partial charge in [0.05, 0.1) is 17.6 Å². The average molecular weight is 337 g/mol. The van der Waals surface area contributed by atoms with Crippen molar-refractivity contribution in [1.82, 2.24) is 9.97 Å². The molecule has 2 heterocycles. The molecule has 7 heteroatoms. The van der Waals surface area contributed by atoms with E-state index in [1.54, 1.807) is 12.4 Å². The van der Waals surface area contributed by atoms with Crippen LogP contribution in [0.1, 0.15) is 12.6 Å². The second-order valence-corrected chi connectivity index (χ2v) is 5.78. The Balaban J connectivity index is 1.65. The number of thiazole rings is 1. The lowest BCUT2D eigenvalue weighted by Crippen LogP contribution is -2.05. The van der Waals surface area contributed by atoms with E-state index in [1.807, 2.05) is 47.8 Å². The van der Waals surface area contributed by atoms with Gasteiger partial charge < -0.3 is 5.32 Å². The summed E-state index contributed by atoms with van der Waals surface area (Å²) in [4.78, 5) is 19.7. The first-order chi connectivity index (χ1) is 11.7. The van der Waals surface area contributed by atoms with Crippen molar-refractivity contribution in [2.24, 2.45) is 5.10 Å². The van der Waals surface area contributed by atoms with E-state index >= 15 is 0 Å². The summed E-state index contributed by atoms with van der Waals surface area (Å²) < 4.78 is 0. The third kappa shape index (κ3) is 4.23. The minimum atomic E-state index is -0.0892. The predicted octanol–water partition coefficient (Wildman–Crippen LogP) is 3.61. The van der Waals surface area contributed by atoms with Crippen LogP contribution in [0, 0.1) is 0 Å². The normalized spacial score (nSPS) is 10.7. The first-order valence-corrected chi connectivity index (χ1v) is 8.12. The Morgan fingerprint density at radius 3 is 2.75 bits per heavy atom. The maximum Gasteiger partial charge on any atom is 0.221 e. The number of nitrogens with one attached hydrogen (secondary N) is 2. The highest BCUT2D eigenvalue weighted by atomic mass is 32.1. The summed E-state index contributed by atoms with van der Waals surface area (Å²) in [5.41, 5.74) is 6.26. The van der Waals surface area contributed by atoms with E-state index in [2.05, 4.69) is 25.8 Å². The Kier molecular flexibility index (Phi) is 4.93. The van der Waals surface area contributed by atoms with Crippen LogP contribution in [0.5, 0.6) is 0 Å². The van der Waals surface area contributed by atoms with Crippen LogP contribution in [0.4, 0.5) is 10.8 Å². The predicted molar refractivity (Wildman–Crippen MR) is 97.3 cm³/mol. The number of hydrogen-bond acceptors (Lipinski definition) is 6. The van der Waals surface area contributed by atoms with Crippen LogP contribution in [-0.2, 0) is 4.79 Å². The van der Waals surface area contributed by atoms with Gasteiger partial charge in [-0.1, -0.05) is 18.2 Å². The van der Waals surface area contributed by atoms with Crippen molar-refractivity contribution in [3.05, 3.63) is 59.7 Å². The van der Waals surface area contributed by atoms with Gasteiger partial charge >= 0.3 is 0 Å². The number of amides is 1. The molecular weight excluding hydrogens is 322 g/mol. The number of anilines is 2. The summed E-state index contributed by atoms with van der Waals surface area (Å²) in [6, 6.07) is 13.2. The Morgan fingerprint density at radius 1 is 1.21 bits per heavy atom. The SMILES string of the molecule is CC(=O)Nc1ccc(-c2csc(N/N=C\c3ccccn3)n2)cc1. The van der Waals surface area contributed by atoms with Crippen molar-refractivity contribution >= 4 is 34.3 Å². The van der Waals surface area contributed by atoms with E-state index in [-0.39, 0.29) is 5.91 Å². The van der Waals surface area contributed by atoms with Crippen LogP contribution in [0.15, 0.2) is 59.1 Å². The molecule has 0 aliphatic heterocycles. The fourth-order valence-electron chi connectivity index (χ4n) is 1.99.